The molecule has 0 amide bonds. The van der Waals surface area contributed by atoms with E-state index in [4.69, 9.17) is 0 Å². The van der Waals surface area contributed by atoms with Crippen molar-refractivity contribution in [1.82, 2.24) is 14.9 Å². The van der Waals surface area contributed by atoms with Gasteiger partial charge in [0, 0.05) is 18.4 Å². The van der Waals surface area contributed by atoms with Crippen LogP contribution in [0.4, 0.5) is 0 Å². The third-order valence-electron chi connectivity index (χ3n) is 2.81. The highest BCUT2D eigenvalue weighted by atomic mass is 16.5. The number of imidazole rings is 1. The van der Waals surface area contributed by atoms with E-state index in [0.29, 0.717) is 12.6 Å². The van der Waals surface area contributed by atoms with Gasteiger partial charge in [0.2, 0.25) is 0 Å². The van der Waals surface area contributed by atoms with E-state index >= 15 is 0 Å². The summed E-state index contributed by atoms with van der Waals surface area (Å²) < 4.78 is 6.82. The Kier molecular flexibility index (Phi) is 3.24. The molecule has 0 saturated heterocycles. The van der Waals surface area contributed by atoms with E-state index in [2.05, 4.69) is 19.6 Å². The summed E-state index contributed by atoms with van der Waals surface area (Å²) in [4.78, 5) is 15.5. The molecule has 1 aromatic rings. The molecule has 1 unspecified atom stereocenters. The van der Waals surface area contributed by atoms with E-state index in [-0.39, 0.29) is 12.0 Å². The molecule has 0 spiro atoms. The largest absolute Gasteiger partial charge is 0.468 e. The van der Waals surface area contributed by atoms with Gasteiger partial charge in [0.25, 0.3) is 0 Å². The second kappa shape index (κ2) is 4.65. The number of aromatic nitrogens is 2. The first-order valence-corrected chi connectivity index (χ1v) is 5.55. The van der Waals surface area contributed by atoms with Crippen LogP contribution in [0.25, 0.3) is 0 Å². The number of nitrogens with one attached hydrogen (secondary N) is 1. The van der Waals surface area contributed by atoms with Gasteiger partial charge in [-0.2, -0.15) is 0 Å². The van der Waals surface area contributed by atoms with Gasteiger partial charge in [-0.05, 0) is 19.8 Å². The molecule has 1 aliphatic rings. The number of carbonyl (C=O) groups excluding carboxylic acids is 1. The molecule has 1 heterocycles. The van der Waals surface area contributed by atoms with Crippen molar-refractivity contribution in [3.8, 4) is 0 Å². The fraction of sp³-hybridized carbons (Fsp3) is 0.636. The number of rotatable bonds is 5. The molecule has 0 aliphatic heterocycles. The average Bonchev–Trinajstić information content (AvgIpc) is 3.04. The topological polar surface area (TPSA) is 56.1 Å². The molecule has 2 rings (SSSR count). The standard InChI is InChI=1S/C11H17N3O2/c1-8(11(15)16-2)13-7-10-12-5-6-14(10)9-3-4-9/h5-6,8-9,13H,3-4,7H2,1-2H3. The number of ether oxygens (including phenoxy) is 1. The summed E-state index contributed by atoms with van der Waals surface area (Å²) in [5.74, 6) is 0.739. The van der Waals surface area contributed by atoms with Crippen molar-refractivity contribution in [1.29, 1.82) is 0 Å². The fourth-order valence-corrected chi connectivity index (χ4v) is 1.67. The SMILES string of the molecule is COC(=O)C(C)NCc1nccn1C1CC1. The van der Waals surface area contributed by atoms with Crippen molar-refractivity contribution in [2.45, 2.75) is 38.4 Å². The Morgan fingerprint density at radius 2 is 2.50 bits per heavy atom. The number of esters is 1. The number of nitrogens with zero attached hydrogens (tertiary/aromatic N) is 2. The van der Waals surface area contributed by atoms with Gasteiger partial charge in [-0.25, -0.2) is 4.98 Å². The summed E-state index contributed by atoms with van der Waals surface area (Å²) in [6, 6.07) is 0.321. The highest BCUT2D eigenvalue weighted by Crippen LogP contribution is 2.35. The zero-order valence-electron chi connectivity index (χ0n) is 9.64. The fourth-order valence-electron chi connectivity index (χ4n) is 1.67. The van der Waals surface area contributed by atoms with Crippen LogP contribution in [0.2, 0.25) is 0 Å². The molecule has 5 nitrogen and oxygen atoms in total. The Labute approximate surface area is 94.8 Å². The molecule has 1 fully saturated rings. The summed E-state index contributed by atoms with van der Waals surface area (Å²) in [7, 11) is 1.39. The third kappa shape index (κ3) is 2.41. The van der Waals surface area contributed by atoms with Crippen molar-refractivity contribution in [3.63, 3.8) is 0 Å². The predicted octanol–water partition coefficient (Wildman–Crippen LogP) is 0.869. The minimum Gasteiger partial charge on any atom is -0.468 e. The van der Waals surface area contributed by atoms with Gasteiger partial charge in [-0.3, -0.25) is 10.1 Å². The van der Waals surface area contributed by atoms with Crippen LogP contribution in [0, 0.1) is 0 Å². The monoisotopic (exact) mass is 223 g/mol. The van der Waals surface area contributed by atoms with Crippen molar-refractivity contribution >= 4 is 5.97 Å². The van der Waals surface area contributed by atoms with E-state index in [1.807, 2.05) is 6.20 Å². The van der Waals surface area contributed by atoms with Crippen molar-refractivity contribution < 1.29 is 9.53 Å². The number of methoxy groups -OCH3 is 1. The van der Waals surface area contributed by atoms with E-state index in [0.717, 1.165) is 5.82 Å². The van der Waals surface area contributed by atoms with Crippen LogP contribution in [0.3, 0.4) is 0 Å². The Bertz CT molecular complexity index is 371. The molecule has 88 valence electrons. The van der Waals surface area contributed by atoms with E-state index < -0.39 is 0 Å². The van der Waals surface area contributed by atoms with E-state index in [1.165, 1.54) is 20.0 Å². The molecule has 1 aliphatic carbocycles. The van der Waals surface area contributed by atoms with Crippen molar-refractivity contribution in [2.75, 3.05) is 7.11 Å². The summed E-state index contributed by atoms with van der Waals surface area (Å²) in [5.41, 5.74) is 0. The zero-order valence-corrected chi connectivity index (χ0v) is 9.64. The first kappa shape index (κ1) is 11.1. The number of hydrogen-bond acceptors (Lipinski definition) is 4. The summed E-state index contributed by atoms with van der Waals surface area (Å²) in [6.45, 7) is 2.38. The van der Waals surface area contributed by atoms with E-state index in [1.54, 1.807) is 13.1 Å². The van der Waals surface area contributed by atoms with Gasteiger partial charge in [-0.1, -0.05) is 0 Å². The number of carbonyl (C=O) groups is 1. The molecule has 5 heteroatoms. The summed E-state index contributed by atoms with van der Waals surface area (Å²) in [6.07, 6.45) is 6.27. The lowest BCUT2D eigenvalue weighted by molar-refractivity contribution is -0.142. The minimum atomic E-state index is -0.297. The first-order chi connectivity index (χ1) is 7.72. The maximum Gasteiger partial charge on any atom is 0.322 e. The lowest BCUT2D eigenvalue weighted by Gasteiger charge is -2.12. The Hall–Kier alpha value is -1.36. The molecule has 0 aromatic carbocycles. The Morgan fingerprint density at radius 3 is 3.12 bits per heavy atom. The molecule has 0 bridgehead atoms. The molecule has 16 heavy (non-hydrogen) atoms. The molecule has 1 aromatic heterocycles. The van der Waals surface area contributed by atoms with Gasteiger partial charge in [-0.15, -0.1) is 0 Å². The van der Waals surface area contributed by atoms with Gasteiger partial charge in [0.15, 0.2) is 0 Å². The Morgan fingerprint density at radius 1 is 1.75 bits per heavy atom. The van der Waals surface area contributed by atoms with Crippen molar-refractivity contribution in [2.24, 2.45) is 0 Å². The molecule has 1 N–H and O–H groups in total. The maximum atomic E-state index is 11.2. The highest BCUT2D eigenvalue weighted by molar-refractivity contribution is 5.74. The van der Waals surface area contributed by atoms with Gasteiger partial charge < -0.3 is 9.30 Å². The van der Waals surface area contributed by atoms with Crippen LogP contribution in [-0.4, -0.2) is 28.7 Å². The van der Waals surface area contributed by atoms with Gasteiger partial charge in [0.05, 0.1) is 13.7 Å². The molecular formula is C11H17N3O2. The molecule has 1 saturated carbocycles. The quantitative estimate of drug-likeness (QED) is 0.752. The smallest absolute Gasteiger partial charge is 0.322 e. The molecular weight excluding hydrogens is 206 g/mol. The van der Waals surface area contributed by atoms with Crippen LogP contribution < -0.4 is 5.32 Å². The van der Waals surface area contributed by atoms with Crippen LogP contribution >= 0.6 is 0 Å². The normalized spacial score (nSPS) is 17.1. The van der Waals surface area contributed by atoms with Crippen molar-refractivity contribution in [3.05, 3.63) is 18.2 Å². The van der Waals surface area contributed by atoms with Crippen LogP contribution in [0.1, 0.15) is 31.6 Å². The third-order valence-corrected chi connectivity index (χ3v) is 2.81. The van der Waals surface area contributed by atoms with E-state index in [9.17, 15) is 4.79 Å². The lowest BCUT2D eigenvalue weighted by Crippen LogP contribution is -2.35. The second-order valence-corrected chi connectivity index (χ2v) is 4.11. The maximum absolute atomic E-state index is 11.2. The van der Waals surface area contributed by atoms with Crippen LogP contribution in [-0.2, 0) is 16.1 Å². The van der Waals surface area contributed by atoms with Gasteiger partial charge in [0.1, 0.15) is 11.9 Å². The summed E-state index contributed by atoms with van der Waals surface area (Å²) >= 11 is 0. The predicted molar refractivity (Wildman–Crippen MR) is 58.8 cm³/mol. The average molecular weight is 223 g/mol. The minimum absolute atomic E-state index is 0.246. The molecule has 0 radical (unpaired) electrons. The second-order valence-electron chi connectivity index (χ2n) is 4.11. The first-order valence-electron chi connectivity index (χ1n) is 5.55. The summed E-state index contributed by atoms with van der Waals surface area (Å²) in [5, 5.41) is 3.10. The van der Waals surface area contributed by atoms with Gasteiger partial charge >= 0.3 is 5.97 Å². The van der Waals surface area contributed by atoms with Crippen LogP contribution in [0.15, 0.2) is 12.4 Å². The zero-order chi connectivity index (χ0) is 11.5. The van der Waals surface area contributed by atoms with Crippen LogP contribution in [0.5, 0.6) is 0 Å². The number of hydrogen-bond donors (Lipinski definition) is 1. The Balaban J connectivity index is 1.89. The highest BCUT2D eigenvalue weighted by Gasteiger charge is 2.25. The lowest BCUT2D eigenvalue weighted by atomic mass is 10.3. The molecule has 1 atom stereocenters.